The van der Waals surface area contributed by atoms with E-state index in [1.165, 1.54) is 12.8 Å². The lowest BCUT2D eigenvalue weighted by molar-refractivity contribution is 0.0891. The maximum absolute atomic E-state index is 12.8. The van der Waals surface area contributed by atoms with E-state index >= 15 is 0 Å². The normalized spacial score (nSPS) is 17.1. The van der Waals surface area contributed by atoms with Crippen molar-refractivity contribution < 1.29 is 4.79 Å². The summed E-state index contributed by atoms with van der Waals surface area (Å²) in [6.45, 7) is 0.701. The van der Waals surface area contributed by atoms with Crippen LogP contribution in [0.25, 0.3) is 10.9 Å². The highest BCUT2D eigenvalue weighted by Gasteiger charge is 2.36. The molecule has 0 atom stereocenters. The number of hydrogen-bond donors (Lipinski definition) is 1. The highest BCUT2D eigenvalue weighted by atomic mass is 79.9. The van der Waals surface area contributed by atoms with Crippen LogP contribution >= 0.6 is 15.9 Å². The van der Waals surface area contributed by atoms with E-state index in [0.717, 1.165) is 28.2 Å². The van der Waals surface area contributed by atoms with Gasteiger partial charge in [0.25, 0.3) is 5.91 Å². The Morgan fingerprint density at radius 2 is 1.96 bits per heavy atom. The minimum Gasteiger partial charge on any atom is -0.349 e. The minimum absolute atomic E-state index is 0.0105. The topological polar surface area (TPSA) is 37.3 Å². The number of halogens is 1. The zero-order valence-electron chi connectivity index (χ0n) is 14.0. The van der Waals surface area contributed by atoms with E-state index in [1.54, 1.807) is 0 Å². The van der Waals surface area contributed by atoms with Crippen LogP contribution in [0.5, 0.6) is 0 Å². The Hall–Kier alpha value is -1.33. The maximum atomic E-state index is 12.8. The van der Waals surface area contributed by atoms with Crippen LogP contribution in [0, 0.1) is 0 Å². The Morgan fingerprint density at radius 3 is 2.57 bits per heavy atom. The molecule has 1 fully saturated rings. The first-order valence-electron chi connectivity index (χ1n) is 8.15. The molecular weight excluding hydrogens is 354 g/mol. The Bertz CT molecular complexity index is 690. The number of fused-ring (bicyclic) bond motifs is 1. The van der Waals surface area contributed by atoms with Gasteiger partial charge in [-0.15, -0.1) is 0 Å². The molecule has 1 saturated carbocycles. The molecule has 1 amide bonds. The monoisotopic (exact) mass is 377 g/mol. The van der Waals surface area contributed by atoms with Crippen molar-refractivity contribution in [2.24, 2.45) is 7.05 Å². The van der Waals surface area contributed by atoms with Crippen LogP contribution in [0.3, 0.4) is 0 Å². The van der Waals surface area contributed by atoms with Gasteiger partial charge in [-0.1, -0.05) is 31.0 Å². The highest BCUT2D eigenvalue weighted by Crippen LogP contribution is 2.34. The van der Waals surface area contributed by atoms with Crippen molar-refractivity contribution in [2.45, 2.75) is 31.2 Å². The van der Waals surface area contributed by atoms with Gasteiger partial charge in [-0.2, -0.15) is 0 Å². The third-order valence-corrected chi connectivity index (χ3v) is 6.12. The molecule has 1 aliphatic carbocycles. The number of benzene rings is 1. The van der Waals surface area contributed by atoms with Gasteiger partial charge in [-0.25, -0.2) is 0 Å². The standard InChI is InChI=1S/C18H24BrN3O/c1-21(2)18(10-6-7-11-18)12-20-17(23)16-15(19)13-8-4-5-9-14(13)22(16)3/h4-5,8-9H,6-7,10-12H2,1-3H3,(H,20,23). The summed E-state index contributed by atoms with van der Waals surface area (Å²) < 4.78 is 2.84. The fraction of sp³-hybridized carbons (Fsp3) is 0.500. The lowest BCUT2D eigenvalue weighted by atomic mass is 9.96. The van der Waals surface area contributed by atoms with Gasteiger partial charge >= 0.3 is 0 Å². The smallest absolute Gasteiger partial charge is 0.269 e. The highest BCUT2D eigenvalue weighted by molar-refractivity contribution is 9.10. The molecule has 0 bridgehead atoms. The number of rotatable bonds is 4. The summed E-state index contributed by atoms with van der Waals surface area (Å²) in [5.74, 6) is -0.0105. The zero-order valence-corrected chi connectivity index (χ0v) is 15.6. The van der Waals surface area contributed by atoms with Crippen molar-refractivity contribution in [3.8, 4) is 0 Å². The molecule has 0 spiro atoms. The number of likely N-dealkylation sites (N-methyl/N-ethyl adjacent to an activating group) is 1. The second kappa shape index (κ2) is 6.29. The molecule has 0 aliphatic heterocycles. The maximum Gasteiger partial charge on any atom is 0.269 e. The quantitative estimate of drug-likeness (QED) is 0.884. The summed E-state index contributed by atoms with van der Waals surface area (Å²) >= 11 is 3.61. The molecule has 0 radical (unpaired) electrons. The van der Waals surface area contributed by atoms with Crippen LogP contribution in [0.4, 0.5) is 0 Å². The van der Waals surface area contributed by atoms with Crippen molar-refractivity contribution in [2.75, 3.05) is 20.6 Å². The van der Waals surface area contributed by atoms with E-state index < -0.39 is 0 Å². The van der Waals surface area contributed by atoms with Gasteiger partial charge in [-0.3, -0.25) is 4.79 Å². The number of nitrogens with zero attached hydrogens (tertiary/aromatic N) is 2. The van der Waals surface area contributed by atoms with Crippen LogP contribution < -0.4 is 5.32 Å². The first-order valence-corrected chi connectivity index (χ1v) is 8.94. The van der Waals surface area contributed by atoms with Crippen molar-refractivity contribution in [3.05, 3.63) is 34.4 Å². The Kier molecular flexibility index (Phi) is 4.52. The third-order valence-electron chi connectivity index (χ3n) is 5.32. The number of aromatic nitrogens is 1. The molecule has 2 aromatic rings. The molecule has 1 aromatic heterocycles. The van der Waals surface area contributed by atoms with E-state index in [-0.39, 0.29) is 11.4 Å². The molecule has 1 N–H and O–H groups in total. The lowest BCUT2D eigenvalue weighted by Gasteiger charge is -2.36. The number of para-hydroxylation sites is 1. The molecule has 0 unspecified atom stereocenters. The lowest BCUT2D eigenvalue weighted by Crippen LogP contribution is -2.51. The third kappa shape index (κ3) is 2.81. The van der Waals surface area contributed by atoms with Gasteiger partial charge in [0.2, 0.25) is 0 Å². The number of aryl methyl sites for hydroxylation is 1. The SMILES string of the molecule is CN(C)C1(CNC(=O)c2c(Br)c3ccccc3n2C)CCCC1. The van der Waals surface area contributed by atoms with Gasteiger partial charge in [0.1, 0.15) is 5.69 Å². The fourth-order valence-corrected chi connectivity index (χ4v) is 4.52. The van der Waals surface area contributed by atoms with Crippen molar-refractivity contribution in [1.82, 2.24) is 14.8 Å². The van der Waals surface area contributed by atoms with E-state index in [1.807, 2.05) is 35.9 Å². The van der Waals surface area contributed by atoms with Crippen molar-refractivity contribution in [3.63, 3.8) is 0 Å². The average molecular weight is 378 g/mol. The van der Waals surface area contributed by atoms with E-state index in [2.05, 4.69) is 40.2 Å². The summed E-state index contributed by atoms with van der Waals surface area (Å²) in [7, 11) is 6.17. The molecule has 0 saturated heterocycles. The first kappa shape index (κ1) is 16.5. The van der Waals surface area contributed by atoms with E-state index in [0.29, 0.717) is 12.2 Å². The predicted octanol–water partition coefficient (Wildman–Crippen LogP) is 3.55. The van der Waals surface area contributed by atoms with Gasteiger partial charge in [0, 0.05) is 30.0 Å². The number of nitrogens with one attached hydrogen (secondary N) is 1. The molecule has 23 heavy (non-hydrogen) atoms. The van der Waals surface area contributed by atoms with Crippen LogP contribution in [0.2, 0.25) is 0 Å². The first-order chi connectivity index (χ1) is 11.0. The van der Waals surface area contributed by atoms with Gasteiger partial charge in [0.05, 0.1) is 4.47 Å². The predicted molar refractivity (Wildman–Crippen MR) is 97.8 cm³/mol. The molecule has 4 nitrogen and oxygen atoms in total. The molecular formula is C18H24BrN3O. The zero-order chi connectivity index (χ0) is 16.6. The second-order valence-electron chi connectivity index (χ2n) is 6.75. The average Bonchev–Trinajstić information content (AvgIpc) is 3.11. The summed E-state index contributed by atoms with van der Waals surface area (Å²) in [5, 5.41) is 4.25. The van der Waals surface area contributed by atoms with Gasteiger partial charge < -0.3 is 14.8 Å². The minimum atomic E-state index is -0.0105. The Balaban J connectivity index is 1.84. The van der Waals surface area contributed by atoms with Crippen LogP contribution in [-0.4, -0.2) is 41.6 Å². The molecule has 124 valence electrons. The van der Waals surface area contributed by atoms with Gasteiger partial charge in [-0.05, 0) is 48.9 Å². The number of amides is 1. The van der Waals surface area contributed by atoms with E-state index in [9.17, 15) is 4.79 Å². The van der Waals surface area contributed by atoms with Crippen molar-refractivity contribution >= 4 is 32.7 Å². The number of carbonyl (C=O) groups is 1. The summed E-state index contributed by atoms with van der Waals surface area (Å²) in [4.78, 5) is 15.1. The summed E-state index contributed by atoms with van der Waals surface area (Å²) in [6.07, 6.45) is 4.78. The summed E-state index contributed by atoms with van der Waals surface area (Å²) in [6, 6.07) is 8.06. The number of carbonyl (C=O) groups excluding carboxylic acids is 1. The van der Waals surface area contributed by atoms with Crippen LogP contribution in [-0.2, 0) is 7.05 Å². The molecule has 5 heteroatoms. The van der Waals surface area contributed by atoms with E-state index in [4.69, 9.17) is 0 Å². The van der Waals surface area contributed by atoms with Gasteiger partial charge in [0.15, 0.2) is 0 Å². The molecule has 1 aromatic carbocycles. The fourth-order valence-electron chi connectivity index (χ4n) is 3.74. The Morgan fingerprint density at radius 1 is 1.30 bits per heavy atom. The van der Waals surface area contributed by atoms with Crippen molar-refractivity contribution in [1.29, 1.82) is 0 Å². The van der Waals surface area contributed by atoms with Crippen LogP contribution in [0.15, 0.2) is 28.7 Å². The summed E-state index contributed by atoms with van der Waals surface area (Å²) in [5.41, 5.74) is 1.86. The molecule has 1 aliphatic rings. The Labute approximate surface area is 146 Å². The largest absolute Gasteiger partial charge is 0.349 e. The number of hydrogen-bond acceptors (Lipinski definition) is 2. The van der Waals surface area contributed by atoms with Crippen LogP contribution in [0.1, 0.15) is 36.2 Å². The second-order valence-corrected chi connectivity index (χ2v) is 7.54. The molecule has 3 rings (SSSR count). The molecule has 1 heterocycles.